The molecule has 1 atom stereocenters. The zero-order chi connectivity index (χ0) is 24.0. The second kappa shape index (κ2) is 10.8. The van der Waals surface area contributed by atoms with Crippen LogP contribution in [0.2, 0.25) is 0 Å². The smallest absolute Gasteiger partial charge is 0.308 e. The van der Waals surface area contributed by atoms with Gasteiger partial charge in [-0.3, -0.25) is 19.4 Å². The third-order valence-electron chi connectivity index (χ3n) is 4.21. The van der Waals surface area contributed by atoms with Crippen LogP contribution in [0, 0.1) is 0 Å². The van der Waals surface area contributed by atoms with Gasteiger partial charge in [0.05, 0.1) is 16.6 Å². The number of anilines is 1. The van der Waals surface area contributed by atoms with E-state index in [0.717, 1.165) is 25.9 Å². The predicted octanol–water partition coefficient (Wildman–Crippen LogP) is 4.16. The Morgan fingerprint density at radius 2 is 2.00 bits per heavy atom. The first-order valence-corrected chi connectivity index (χ1v) is 12.1. The molecule has 3 rings (SSSR count). The summed E-state index contributed by atoms with van der Waals surface area (Å²) in [5.74, 6) is -0.706. The van der Waals surface area contributed by atoms with Gasteiger partial charge in [0.2, 0.25) is 11.8 Å². The Morgan fingerprint density at radius 1 is 1.21 bits per heavy atom. The van der Waals surface area contributed by atoms with Crippen molar-refractivity contribution >= 4 is 56.8 Å². The van der Waals surface area contributed by atoms with E-state index in [1.807, 2.05) is 30.5 Å². The first kappa shape index (κ1) is 24.7. The van der Waals surface area contributed by atoms with E-state index in [1.54, 1.807) is 44.8 Å². The fourth-order valence-corrected chi connectivity index (χ4v) is 4.95. The van der Waals surface area contributed by atoms with Crippen molar-refractivity contribution in [2.24, 2.45) is 0 Å². The minimum absolute atomic E-state index is 0.263. The van der Waals surface area contributed by atoms with Crippen LogP contribution in [0.1, 0.15) is 39.7 Å². The van der Waals surface area contributed by atoms with E-state index in [4.69, 9.17) is 4.74 Å². The highest BCUT2D eigenvalue weighted by molar-refractivity contribution is 8.00. The first-order valence-electron chi connectivity index (χ1n) is 10.3. The summed E-state index contributed by atoms with van der Waals surface area (Å²) < 4.78 is 7.12. The monoisotopic (exact) mass is 486 g/mol. The zero-order valence-electron chi connectivity index (χ0n) is 18.9. The molecule has 2 aromatic heterocycles. The normalized spacial score (nSPS) is 12.2. The lowest BCUT2D eigenvalue weighted by Gasteiger charge is -2.22. The van der Waals surface area contributed by atoms with Crippen molar-refractivity contribution in [2.45, 2.75) is 55.9 Å². The summed E-state index contributed by atoms with van der Waals surface area (Å²) in [7, 11) is 0. The lowest BCUT2D eigenvalue weighted by Crippen LogP contribution is -2.45. The van der Waals surface area contributed by atoms with Crippen molar-refractivity contribution in [1.82, 2.24) is 15.3 Å². The number of thioether (sulfide) groups is 1. The highest BCUT2D eigenvalue weighted by Gasteiger charge is 2.26. The van der Waals surface area contributed by atoms with E-state index < -0.39 is 29.4 Å². The van der Waals surface area contributed by atoms with Gasteiger partial charge in [-0.05, 0) is 50.6 Å². The molecule has 10 heteroatoms. The SMILES string of the molecule is CC(=O)NC(CC(=O)OC(C)(C)C)C(=O)Nc1ccc2nc(SCc3cccnc3)sc2c1. The Hall–Kier alpha value is -2.98. The molecule has 0 aliphatic rings. The van der Waals surface area contributed by atoms with Gasteiger partial charge in [-0.2, -0.15) is 0 Å². The Bertz CT molecular complexity index is 1140. The molecule has 0 bridgehead atoms. The maximum absolute atomic E-state index is 12.8. The molecular weight excluding hydrogens is 460 g/mol. The van der Waals surface area contributed by atoms with E-state index in [-0.39, 0.29) is 6.42 Å². The number of carbonyl (C=O) groups is 3. The van der Waals surface area contributed by atoms with Gasteiger partial charge in [0, 0.05) is 30.8 Å². The van der Waals surface area contributed by atoms with Crippen molar-refractivity contribution in [1.29, 1.82) is 0 Å². The highest BCUT2D eigenvalue weighted by Crippen LogP contribution is 2.32. The molecule has 0 radical (unpaired) electrons. The van der Waals surface area contributed by atoms with E-state index >= 15 is 0 Å². The summed E-state index contributed by atoms with van der Waals surface area (Å²) in [6, 6.07) is 8.28. The highest BCUT2D eigenvalue weighted by atomic mass is 32.2. The number of ether oxygens (including phenoxy) is 1. The molecular formula is C23H26N4O4S2. The number of benzene rings is 1. The molecule has 0 aliphatic carbocycles. The molecule has 0 aliphatic heterocycles. The summed E-state index contributed by atoms with van der Waals surface area (Å²) in [4.78, 5) is 45.3. The average Bonchev–Trinajstić information content (AvgIpc) is 3.13. The van der Waals surface area contributed by atoms with Gasteiger partial charge in [0.25, 0.3) is 0 Å². The van der Waals surface area contributed by atoms with Crippen LogP contribution in [0.4, 0.5) is 5.69 Å². The summed E-state index contributed by atoms with van der Waals surface area (Å²) in [5, 5.41) is 5.30. The number of esters is 1. The van der Waals surface area contributed by atoms with Crippen LogP contribution in [-0.4, -0.2) is 39.4 Å². The van der Waals surface area contributed by atoms with Crippen LogP contribution in [0.25, 0.3) is 10.2 Å². The standard InChI is InChI=1S/C23H26N4O4S2/c1-14(28)25-18(11-20(29)31-23(2,3)4)21(30)26-16-7-8-17-19(10-16)33-22(27-17)32-13-15-6-5-9-24-12-15/h5-10,12,18H,11,13H2,1-4H3,(H,25,28)(H,26,30). The number of hydrogen-bond acceptors (Lipinski definition) is 8. The van der Waals surface area contributed by atoms with Crippen molar-refractivity contribution in [2.75, 3.05) is 5.32 Å². The van der Waals surface area contributed by atoms with Crippen molar-refractivity contribution in [3.05, 3.63) is 48.3 Å². The van der Waals surface area contributed by atoms with Gasteiger partial charge in [-0.1, -0.05) is 17.8 Å². The number of rotatable bonds is 8. The van der Waals surface area contributed by atoms with Crippen LogP contribution >= 0.6 is 23.1 Å². The predicted molar refractivity (Wildman–Crippen MR) is 130 cm³/mol. The van der Waals surface area contributed by atoms with Crippen LogP contribution in [0.5, 0.6) is 0 Å². The molecule has 1 aromatic carbocycles. The Kier molecular flexibility index (Phi) is 8.04. The molecule has 1 unspecified atom stereocenters. The molecule has 0 saturated carbocycles. The molecule has 33 heavy (non-hydrogen) atoms. The Morgan fingerprint density at radius 3 is 2.67 bits per heavy atom. The number of thiazole rings is 1. The van der Waals surface area contributed by atoms with Gasteiger partial charge in [-0.15, -0.1) is 11.3 Å². The quantitative estimate of drug-likeness (QED) is 0.363. The lowest BCUT2D eigenvalue weighted by molar-refractivity contribution is -0.156. The number of amides is 2. The molecule has 0 saturated heterocycles. The number of hydrogen-bond donors (Lipinski definition) is 2. The van der Waals surface area contributed by atoms with Crippen molar-refractivity contribution in [3.63, 3.8) is 0 Å². The topological polar surface area (TPSA) is 110 Å². The minimum Gasteiger partial charge on any atom is -0.460 e. The van der Waals surface area contributed by atoms with Gasteiger partial charge in [0.1, 0.15) is 11.6 Å². The second-order valence-corrected chi connectivity index (χ2v) is 10.6. The second-order valence-electron chi connectivity index (χ2n) is 8.35. The number of fused-ring (bicyclic) bond motifs is 1. The minimum atomic E-state index is -1.04. The van der Waals surface area contributed by atoms with Gasteiger partial charge in [-0.25, -0.2) is 4.98 Å². The fourth-order valence-electron chi connectivity index (χ4n) is 2.91. The van der Waals surface area contributed by atoms with E-state index in [1.165, 1.54) is 18.3 Å². The van der Waals surface area contributed by atoms with E-state index in [2.05, 4.69) is 20.6 Å². The van der Waals surface area contributed by atoms with E-state index in [0.29, 0.717) is 5.69 Å². The fraction of sp³-hybridized carbons (Fsp3) is 0.348. The number of nitrogens with one attached hydrogen (secondary N) is 2. The summed E-state index contributed by atoms with van der Waals surface area (Å²) in [5.41, 5.74) is 1.82. The van der Waals surface area contributed by atoms with E-state index in [9.17, 15) is 14.4 Å². The first-order chi connectivity index (χ1) is 15.6. The number of aromatic nitrogens is 2. The van der Waals surface area contributed by atoms with Crippen molar-refractivity contribution < 1.29 is 19.1 Å². The molecule has 8 nitrogen and oxygen atoms in total. The van der Waals surface area contributed by atoms with Crippen LogP contribution in [0.3, 0.4) is 0 Å². The van der Waals surface area contributed by atoms with Gasteiger partial charge >= 0.3 is 5.97 Å². The third-order valence-corrected chi connectivity index (χ3v) is 6.44. The Balaban J connectivity index is 1.67. The average molecular weight is 487 g/mol. The Labute approximate surface area is 200 Å². The number of carbonyl (C=O) groups excluding carboxylic acids is 3. The third kappa shape index (κ3) is 7.83. The maximum Gasteiger partial charge on any atom is 0.308 e. The van der Waals surface area contributed by atoms with Crippen molar-refractivity contribution in [3.8, 4) is 0 Å². The summed E-state index contributed by atoms with van der Waals surface area (Å²) >= 11 is 3.15. The largest absolute Gasteiger partial charge is 0.460 e. The molecule has 2 N–H and O–H groups in total. The molecule has 174 valence electrons. The zero-order valence-corrected chi connectivity index (χ0v) is 20.5. The summed E-state index contributed by atoms with van der Waals surface area (Å²) in [6.45, 7) is 6.52. The number of pyridine rings is 1. The molecule has 2 amide bonds. The molecule has 0 spiro atoms. The van der Waals surface area contributed by atoms with Gasteiger partial charge in [0.15, 0.2) is 4.34 Å². The van der Waals surface area contributed by atoms with Crippen LogP contribution in [-0.2, 0) is 24.9 Å². The maximum atomic E-state index is 12.8. The van der Waals surface area contributed by atoms with Crippen LogP contribution < -0.4 is 10.6 Å². The molecule has 3 aromatic rings. The van der Waals surface area contributed by atoms with Crippen LogP contribution in [0.15, 0.2) is 47.1 Å². The molecule has 2 heterocycles. The lowest BCUT2D eigenvalue weighted by atomic mass is 10.1. The molecule has 0 fully saturated rings. The summed E-state index contributed by atoms with van der Waals surface area (Å²) in [6.07, 6.45) is 3.31. The van der Waals surface area contributed by atoms with Gasteiger partial charge < -0.3 is 15.4 Å². The number of nitrogens with zero attached hydrogens (tertiary/aromatic N) is 2.